The summed E-state index contributed by atoms with van der Waals surface area (Å²) >= 11 is 0. The molecule has 0 heterocycles. The van der Waals surface area contributed by atoms with Crippen LogP contribution in [0.2, 0.25) is 0 Å². The summed E-state index contributed by atoms with van der Waals surface area (Å²) in [5.41, 5.74) is 1.27. The van der Waals surface area contributed by atoms with E-state index in [0.29, 0.717) is 0 Å². The Morgan fingerprint density at radius 3 is 2.33 bits per heavy atom. The van der Waals surface area contributed by atoms with Crippen molar-refractivity contribution in [3.63, 3.8) is 0 Å². The Kier molecular flexibility index (Phi) is 4.22. The number of methoxy groups -OCH3 is 2. The molecule has 18 heavy (non-hydrogen) atoms. The number of ether oxygens (including phenoxy) is 2. The minimum atomic E-state index is -0.713. The highest BCUT2D eigenvalue weighted by molar-refractivity contribution is 5.84. The second kappa shape index (κ2) is 5.29. The van der Waals surface area contributed by atoms with Gasteiger partial charge in [-0.2, -0.15) is 0 Å². The van der Waals surface area contributed by atoms with Crippen LogP contribution in [0.4, 0.5) is 5.69 Å². The molecule has 0 fully saturated rings. The molecule has 1 aromatic rings. The van der Waals surface area contributed by atoms with E-state index in [-0.39, 0.29) is 5.97 Å². The summed E-state index contributed by atoms with van der Waals surface area (Å²) in [6, 6.07) is 5.81. The number of hydrogen-bond acceptors (Lipinski definition) is 4. The van der Waals surface area contributed by atoms with Gasteiger partial charge >= 0.3 is 5.97 Å². The van der Waals surface area contributed by atoms with Gasteiger partial charge in [-0.1, -0.05) is 0 Å². The predicted octanol–water partition coefficient (Wildman–Crippen LogP) is 2.39. The second-order valence-electron chi connectivity index (χ2n) is 4.76. The lowest BCUT2D eigenvalue weighted by molar-refractivity contribution is -0.145. The maximum Gasteiger partial charge on any atom is 0.331 e. The molecule has 4 nitrogen and oxygen atoms in total. The van der Waals surface area contributed by atoms with Gasteiger partial charge in [0.1, 0.15) is 11.3 Å². The van der Waals surface area contributed by atoms with Crippen molar-refractivity contribution < 1.29 is 14.3 Å². The van der Waals surface area contributed by atoms with E-state index in [9.17, 15) is 4.79 Å². The third-order valence-corrected chi connectivity index (χ3v) is 3.29. The summed E-state index contributed by atoms with van der Waals surface area (Å²) < 4.78 is 10.1. The summed E-state index contributed by atoms with van der Waals surface area (Å²) in [7, 11) is 4.92. The lowest BCUT2D eigenvalue weighted by Gasteiger charge is -2.35. The quantitative estimate of drug-likeness (QED) is 0.770. The second-order valence-corrected chi connectivity index (χ2v) is 4.76. The van der Waals surface area contributed by atoms with Gasteiger partial charge in [-0.05, 0) is 44.5 Å². The summed E-state index contributed by atoms with van der Waals surface area (Å²) in [5, 5.41) is 0. The Morgan fingerprint density at radius 1 is 1.28 bits per heavy atom. The molecule has 0 aliphatic rings. The molecule has 1 rings (SSSR count). The van der Waals surface area contributed by atoms with Crippen LogP contribution in [0.5, 0.6) is 5.75 Å². The van der Waals surface area contributed by atoms with E-state index < -0.39 is 5.54 Å². The smallest absolute Gasteiger partial charge is 0.331 e. The predicted molar refractivity (Wildman–Crippen MR) is 72.2 cm³/mol. The number of nitrogens with zero attached hydrogens (tertiary/aromatic N) is 1. The number of carbonyl (C=O) groups is 1. The van der Waals surface area contributed by atoms with Gasteiger partial charge in [0.15, 0.2) is 0 Å². The summed E-state index contributed by atoms with van der Waals surface area (Å²) in [5.74, 6) is 0.571. The van der Waals surface area contributed by atoms with Gasteiger partial charge in [0.05, 0.1) is 14.2 Å². The van der Waals surface area contributed by atoms with Crippen molar-refractivity contribution in [2.75, 3.05) is 26.2 Å². The molecule has 0 aliphatic heterocycles. The molecule has 0 amide bonds. The monoisotopic (exact) mass is 251 g/mol. The van der Waals surface area contributed by atoms with Crippen LogP contribution >= 0.6 is 0 Å². The van der Waals surface area contributed by atoms with E-state index in [4.69, 9.17) is 9.47 Å². The molecule has 4 heteroatoms. The molecule has 0 atom stereocenters. The number of hydrogen-bond donors (Lipinski definition) is 0. The summed E-state index contributed by atoms with van der Waals surface area (Å²) in [6.45, 7) is 5.64. The van der Waals surface area contributed by atoms with Crippen LogP contribution in [0, 0.1) is 6.92 Å². The van der Waals surface area contributed by atoms with Crippen LogP contribution in [-0.4, -0.2) is 32.8 Å². The number of likely N-dealkylation sites (N-methyl/N-ethyl adjacent to an activating group) is 1. The molecule has 0 saturated heterocycles. The third-order valence-electron chi connectivity index (χ3n) is 3.29. The van der Waals surface area contributed by atoms with Crippen molar-refractivity contribution in [3.05, 3.63) is 23.8 Å². The van der Waals surface area contributed by atoms with Gasteiger partial charge in [0.25, 0.3) is 0 Å². The first-order chi connectivity index (χ1) is 8.34. The fraction of sp³-hybridized carbons (Fsp3) is 0.500. The molecule has 0 unspecified atom stereocenters. The minimum Gasteiger partial charge on any atom is -0.496 e. The molecule has 0 aliphatic carbocycles. The van der Waals surface area contributed by atoms with E-state index in [1.807, 2.05) is 50.9 Å². The Bertz CT molecular complexity index is 441. The largest absolute Gasteiger partial charge is 0.496 e. The van der Waals surface area contributed by atoms with Crippen molar-refractivity contribution in [3.8, 4) is 5.75 Å². The topological polar surface area (TPSA) is 38.8 Å². The zero-order valence-electron chi connectivity index (χ0n) is 11.9. The van der Waals surface area contributed by atoms with Crippen LogP contribution in [0.25, 0.3) is 0 Å². The van der Waals surface area contributed by atoms with Gasteiger partial charge in [0.2, 0.25) is 0 Å². The van der Waals surface area contributed by atoms with Gasteiger partial charge < -0.3 is 14.4 Å². The first kappa shape index (κ1) is 14.4. The van der Waals surface area contributed by atoms with Crippen molar-refractivity contribution in [1.82, 2.24) is 0 Å². The molecule has 0 spiro atoms. The highest BCUT2D eigenvalue weighted by Gasteiger charge is 2.33. The minimum absolute atomic E-state index is 0.265. The van der Waals surface area contributed by atoms with Crippen molar-refractivity contribution in [2.24, 2.45) is 0 Å². The normalized spacial score (nSPS) is 11.0. The molecular formula is C14H21NO3. The summed E-state index contributed by atoms with van der Waals surface area (Å²) in [4.78, 5) is 13.7. The average molecular weight is 251 g/mol. The van der Waals surface area contributed by atoms with E-state index in [1.54, 1.807) is 7.11 Å². The first-order valence-electron chi connectivity index (χ1n) is 5.81. The first-order valence-corrected chi connectivity index (χ1v) is 5.81. The Morgan fingerprint density at radius 2 is 1.89 bits per heavy atom. The Balaban J connectivity index is 3.07. The fourth-order valence-electron chi connectivity index (χ4n) is 1.78. The zero-order chi connectivity index (χ0) is 13.9. The van der Waals surface area contributed by atoms with Crippen LogP contribution in [0.15, 0.2) is 18.2 Å². The molecule has 0 radical (unpaired) electrons. The van der Waals surface area contributed by atoms with E-state index in [1.165, 1.54) is 7.11 Å². The fourth-order valence-corrected chi connectivity index (χ4v) is 1.78. The molecule has 0 aromatic heterocycles. The standard InChI is InChI=1S/C14H21NO3/c1-10-9-11(7-8-12(10)17-5)15(4)14(2,3)13(16)18-6/h7-9H,1-6H3. The van der Waals surface area contributed by atoms with Crippen molar-refractivity contribution >= 4 is 11.7 Å². The average Bonchev–Trinajstić information content (AvgIpc) is 2.36. The third kappa shape index (κ3) is 2.58. The van der Waals surface area contributed by atoms with Crippen LogP contribution in [0.1, 0.15) is 19.4 Å². The molecule has 100 valence electrons. The number of benzene rings is 1. The Labute approximate surface area is 108 Å². The maximum atomic E-state index is 11.8. The molecule has 0 N–H and O–H groups in total. The molecule has 0 bridgehead atoms. The van der Waals surface area contributed by atoms with E-state index in [0.717, 1.165) is 17.0 Å². The summed E-state index contributed by atoms with van der Waals surface area (Å²) in [6.07, 6.45) is 0. The van der Waals surface area contributed by atoms with Crippen LogP contribution in [-0.2, 0) is 9.53 Å². The molecule has 0 saturated carbocycles. The Hall–Kier alpha value is -1.71. The maximum absolute atomic E-state index is 11.8. The number of aryl methyl sites for hydroxylation is 1. The van der Waals surface area contributed by atoms with Gasteiger partial charge in [-0.25, -0.2) is 4.79 Å². The zero-order valence-corrected chi connectivity index (χ0v) is 11.9. The lowest BCUT2D eigenvalue weighted by atomic mass is 10.0. The number of rotatable bonds is 4. The van der Waals surface area contributed by atoms with Crippen molar-refractivity contribution in [2.45, 2.75) is 26.3 Å². The number of carbonyl (C=O) groups excluding carboxylic acids is 1. The van der Waals surface area contributed by atoms with Crippen LogP contribution < -0.4 is 9.64 Å². The lowest BCUT2D eigenvalue weighted by Crippen LogP contribution is -2.48. The SMILES string of the molecule is COC(=O)C(C)(C)N(C)c1ccc(OC)c(C)c1. The molecular weight excluding hydrogens is 230 g/mol. The van der Waals surface area contributed by atoms with E-state index >= 15 is 0 Å². The number of anilines is 1. The van der Waals surface area contributed by atoms with Gasteiger partial charge in [-0.15, -0.1) is 0 Å². The number of esters is 1. The molecule has 1 aromatic carbocycles. The highest BCUT2D eigenvalue weighted by Crippen LogP contribution is 2.28. The van der Waals surface area contributed by atoms with Gasteiger partial charge in [-0.3, -0.25) is 0 Å². The highest BCUT2D eigenvalue weighted by atomic mass is 16.5. The van der Waals surface area contributed by atoms with E-state index in [2.05, 4.69) is 0 Å². The van der Waals surface area contributed by atoms with Crippen LogP contribution in [0.3, 0.4) is 0 Å². The van der Waals surface area contributed by atoms with Gasteiger partial charge in [0, 0.05) is 12.7 Å². The van der Waals surface area contributed by atoms with Crippen molar-refractivity contribution in [1.29, 1.82) is 0 Å².